The molecule has 1 aliphatic carbocycles. The van der Waals surface area contributed by atoms with Gasteiger partial charge >= 0.3 is 0 Å². The molecule has 0 aromatic carbocycles. The molecule has 2 heterocycles. The van der Waals surface area contributed by atoms with E-state index in [0.717, 1.165) is 12.8 Å². The number of rotatable bonds is 5. The molecule has 1 saturated heterocycles. The first-order valence-corrected chi connectivity index (χ1v) is 10.0. The molecule has 8 heteroatoms. The lowest BCUT2D eigenvalue weighted by molar-refractivity contribution is -0.131. The summed E-state index contributed by atoms with van der Waals surface area (Å²) >= 11 is 0. The Bertz CT molecular complexity index is 771. The second-order valence-corrected chi connectivity index (χ2v) is 9.17. The zero-order valence-electron chi connectivity index (χ0n) is 17.3. The molecule has 28 heavy (non-hydrogen) atoms. The Morgan fingerprint density at radius 3 is 2.79 bits per heavy atom. The van der Waals surface area contributed by atoms with Crippen LogP contribution in [0.15, 0.2) is 4.52 Å². The Hall–Kier alpha value is -2.01. The highest BCUT2D eigenvalue weighted by Crippen LogP contribution is 2.54. The number of carbonyl (C=O) groups is 1. The average Bonchev–Trinajstić information content (AvgIpc) is 3.30. The molecule has 1 saturated carbocycles. The quantitative estimate of drug-likeness (QED) is 0.829. The van der Waals surface area contributed by atoms with E-state index >= 15 is 0 Å². The Balaban J connectivity index is 1.68. The van der Waals surface area contributed by atoms with Crippen LogP contribution in [0.4, 0.5) is 4.39 Å². The number of nitrogens with one attached hydrogen (secondary N) is 1. The van der Waals surface area contributed by atoms with Crippen molar-refractivity contribution in [3.05, 3.63) is 11.7 Å². The summed E-state index contributed by atoms with van der Waals surface area (Å²) in [7, 11) is 0. The zero-order valence-corrected chi connectivity index (χ0v) is 17.3. The van der Waals surface area contributed by atoms with Crippen molar-refractivity contribution in [2.45, 2.75) is 83.5 Å². The van der Waals surface area contributed by atoms with Gasteiger partial charge in [0.05, 0.1) is 19.2 Å². The molecule has 7 nitrogen and oxygen atoms in total. The molecule has 1 aliphatic heterocycles. The fourth-order valence-corrected chi connectivity index (χ4v) is 4.43. The number of amides is 1. The van der Waals surface area contributed by atoms with Crippen LogP contribution in [-0.4, -0.2) is 51.8 Å². The van der Waals surface area contributed by atoms with E-state index in [9.17, 15) is 9.18 Å². The summed E-state index contributed by atoms with van der Waals surface area (Å²) in [5.41, 5.74) is -0.549. The van der Waals surface area contributed by atoms with E-state index in [1.807, 2.05) is 19.9 Å². The molecule has 0 unspecified atom stereocenters. The van der Waals surface area contributed by atoms with E-state index in [-0.39, 0.29) is 48.2 Å². The monoisotopic (exact) mass is 391 g/mol. The molecule has 2 fully saturated rings. The zero-order chi connectivity index (χ0) is 20.7. The third-order valence-corrected chi connectivity index (χ3v) is 6.85. The van der Waals surface area contributed by atoms with Crippen LogP contribution >= 0.6 is 0 Å². The summed E-state index contributed by atoms with van der Waals surface area (Å²) < 4.78 is 19.2. The standard InChI is InChI=1S/C20H30FN5O2/c1-12(2)17-24-18(28-25-17)15-6-7-20(5,19(15,3)4)23-10-16(27)26-11-13(21)8-14(26)9-22/h12-15,23H,6-8,10-11H2,1-5H3/t13-,14-,15+,20+/m0/s1. The van der Waals surface area contributed by atoms with E-state index in [1.165, 1.54) is 4.90 Å². The van der Waals surface area contributed by atoms with E-state index in [0.29, 0.717) is 11.7 Å². The van der Waals surface area contributed by atoms with E-state index in [2.05, 4.69) is 36.2 Å². The number of nitrogens with zero attached hydrogens (tertiary/aromatic N) is 4. The number of halogens is 1. The molecule has 154 valence electrons. The van der Waals surface area contributed by atoms with Crippen molar-refractivity contribution in [2.75, 3.05) is 13.1 Å². The van der Waals surface area contributed by atoms with Crippen molar-refractivity contribution in [2.24, 2.45) is 5.41 Å². The molecule has 3 rings (SSSR count). The molecule has 0 spiro atoms. The summed E-state index contributed by atoms with van der Waals surface area (Å²) in [6.45, 7) is 10.5. The third-order valence-electron chi connectivity index (χ3n) is 6.85. The van der Waals surface area contributed by atoms with E-state index in [1.54, 1.807) is 0 Å². The maximum Gasteiger partial charge on any atom is 0.237 e. The minimum Gasteiger partial charge on any atom is -0.339 e. The van der Waals surface area contributed by atoms with Gasteiger partial charge in [-0.1, -0.05) is 32.9 Å². The summed E-state index contributed by atoms with van der Waals surface area (Å²) in [6.07, 6.45) is 0.707. The van der Waals surface area contributed by atoms with E-state index in [4.69, 9.17) is 9.78 Å². The lowest BCUT2D eigenvalue weighted by Gasteiger charge is -2.41. The molecular weight excluding hydrogens is 361 g/mol. The van der Waals surface area contributed by atoms with Crippen LogP contribution in [0, 0.1) is 16.7 Å². The predicted molar refractivity (Wildman–Crippen MR) is 101 cm³/mol. The molecule has 1 aromatic heterocycles. The molecule has 0 radical (unpaired) electrons. The number of hydrogen-bond acceptors (Lipinski definition) is 6. The Labute approximate surface area is 165 Å². The van der Waals surface area contributed by atoms with Crippen molar-refractivity contribution < 1.29 is 13.7 Å². The Morgan fingerprint density at radius 1 is 1.46 bits per heavy atom. The minimum atomic E-state index is -1.12. The van der Waals surface area contributed by atoms with Crippen LogP contribution in [0.5, 0.6) is 0 Å². The molecule has 1 aromatic rings. The number of likely N-dealkylation sites (tertiary alicyclic amines) is 1. The molecule has 4 atom stereocenters. The largest absolute Gasteiger partial charge is 0.339 e. The fraction of sp³-hybridized carbons (Fsp3) is 0.800. The molecule has 0 bridgehead atoms. The maximum absolute atomic E-state index is 13.6. The summed E-state index contributed by atoms with van der Waals surface area (Å²) in [5, 5.41) is 16.7. The SMILES string of the molecule is CC(C)c1noc([C@H]2CC[C@@](C)(NCC(=O)N3C[C@@H](F)C[C@H]3C#N)C2(C)C)n1. The second kappa shape index (κ2) is 7.43. The summed E-state index contributed by atoms with van der Waals surface area (Å²) in [6, 6.07) is 1.36. The highest BCUT2D eigenvalue weighted by atomic mass is 19.1. The van der Waals surface area contributed by atoms with Gasteiger partial charge in [-0.15, -0.1) is 0 Å². The van der Waals surface area contributed by atoms with Crippen molar-refractivity contribution >= 4 is 5.91 Å². The van der Waals surface area contributed by atoms with E-state index < -0.39 is 12.2 Å². The van der Waals surface area contributed by atoms with Crippen LogP contribution < -0.4 is 5.32 Å². The summed E-state index contributed by atoms with van der Waals surface area (Å²) in [5.74, 6) is 1.42. The maximum atomic E-state index is 13.6. The highest BCUT2D eigenvalue weighted by molar-refractivity contribution is 5.79. The Kier molecular flexibility index (Phi) is 5.50. The van der Waals surface area contributed by atoms with Crippen molar-refractivity contribution in [3.63, 3.8) is 0 Å². The number of nitriles is 1. The number of hydrogen-bond donors (Lipinski definition) is 1. The first-order chi connectivity index (χ1) is 13.1. The lowest BCUT2D eigenvalue weighted by Crippen LogP contribution is -2.55. The first-order valence-electron chi connectivity index (χ1n) is 10.0. The first kappa shape index (κ1) is 20.7. The smallest absolute Gasteiger partial charge is 0.237 e. The van der Waals surface area contributed by atoms with Crippen LogP contribution in [0.3, 0.4) is 0 Å². The Morgan fingerprint density at radius 2 is 2.18 bits per heavy atom. The van der Waals surface area contributed by atoms with Gasteiger partial charge in [-0.3, -0.25) is 4.79 Å². The minimum absolute atomic E-state index is 0.00142. The average molecular weight is 391 g/mol. The van der Waals surface area contributed by atoms with Crippen molar-refractivity contribution in [1.82, 2.24) is 20.4 Å². The van der Waals surface area contributed by atoms with Crippen LogP contribution in [0.2, 0.25) is 0 Å². The van der Waals surface area contributed by atoms with Gasteiger partial charge in [-0.25, -0.2) is 4.39 Å². The van der Waals surface area contributed by atoms with Crippen LogP contribution in [0.1, 0.15) is 77.4 Å². The third kappa shape index (κ3) is 3.52. The topological polar surface area (TPSA) is 95.0 Å². The highest BCUT2D eigenvalue weighted by Gasteiger charge is 2.54. The van der Waals surface area contributed by atoms with Crippen LogP contribution in [0.25, 0.3) is 0 Å². The van der Waals surface area contributed by atoms with Gasteiger partial charge in [-0.05, 0) is 25.2 Å². The van der Waals surface area contributed by atoms with Crippen molar-refractivity contribution in [1.29, 1.82) is 5.26 Å². The fourth-order valence-electron chi connectivity index (χ4n) is 4.43. The molecular formula is C20H30FN5O2. The number of aromatic nitrogens is 2. The normalized spacial score (nSPS) is 32.1. The molecule has 1 amide bonds. The predicted octanol–water partition coefficient (Wildman–Crippen LogP) is 2.91. The lowest BCUT2D eigenvalue weighted by atomic mass is 9.71. The van der Waals surface area contributed by atoms with Gasteiger partial charge in [0.1, 0.15) is 12.2 Å². The number of carbonyl (C=O) groups excluding carboxylic acids is 1. The van der Waals surface area contributed by atoms with Crippen molar-refractivity contribution in [3.8, 4) is 6.07 Å². The molecule has 1 N–H and O–H groups in total. The van der Waals surface area contributed by atoms with Gasteiger partial charge in [-0.2, -0.15) is 10.2 Å². The number of alkyl halides is 1. The van der Waals surface area contributed by atoms with Gasteiger partial charge in [0.25, 0.3) is 0 Å². The second-order valence-electron chi connectivity index (χ2n) is 9.17. The molecule has 2 aliphatic rings. The van der Waals surface area contributed by atoms with Gasteiger partial charge in [0, 0.05) is 23.8 Å². The van der Waals surface area contributed by atoms with Gasteiger partial charge in [0.15, 0.2) is 5.82 Å². The van der Waals surface area contributed by atoms with Gasteiger partial charge in [0.2, 0.25) is 11.8 Å². The van der Waals surface area contributed by atoms with Crippen LogP contribution in [-0.2, 0) is 4.79 Å². The summed E-state index contributed by atoms with van der Waals surface area (Å²) in [4.78, 5) is 18.5. The van der Waals surface area contributed by atoms with Gasteiger partial charge < -0.3 is 14.7 Å².